The zero-order valence-corrected chi connectivity index (χ0v) is 11.6. The molecule has 1 aliphatic heterocycles. The number of hydrogen-bond acceptors (Lipinski definition) is 3. The van der Waals surface area contributed by atoms with E-state index < -0.39 is 0 Å². The van der Waals surface area contributed by atoms with E-state index in [1.165, 1.54) is 58.3 Å². The van der Waals surface area contributed by atoms with Crippen LogP contribution in [0.2, 0.25) is 0 Å². The summed E-state index contributed by atoms with van der Waals surface area (Å²) in [6, 6.07) is 0. The molecular weight excluding hydrogens is 216 g/mol. The number of thioether (sulfide) groups is 1. The molecule has 2 nitrogen and oxygen atoms in total. The summed E-state index contributed by atoms with van der Waals surface area (Å²) in [5.41, 5.74) is 0. The molecule has 0 aromatic rings. The van der Waals surface area contributed by atoms with Crippen LogP contribution in [0.1, 0.15) is 32.1 Å². The highest BCUT2D eigenvalue weighted by Gasteiger charge is 2.35. The zero-order chi connectivity index (χ0) is 11.4. The van der Waals surface area contributed by atoms with Gasteiger partial charge in [0.05, 0.1) is 0 Å². The van der Waals surface area contributed by atoms with Crippen molar-refractivity contribution in [2.75, 3.05) is 39.5 Å². The molecule has 0 radical (unpaired) electrons. The van der Waals surface area contributed by atoms with Gasteiger partial charge in [-0.1, -0.05) is 6.42 Å². The van der Waals surface area contributed by atoms with Crippen molar-refractivity contribution in [3.8, 4) is 0 Å². The second kappa shape index (κ2) is 5.74. The second-order valence-electron chi connectivity index (χ2n) is 5.62. The first-order valence-electron chi connectivity index (χ1n) is 6.68. The molecule has 1 aliphatic carbocycles. The number of nitrogens with zero attached hydrogens (tertiary/aromatic N) is 1. The van der Waals surface area contributed by atoms with Crippen molar-refractivity contribution in [2.45, 2.75) is 36.9 Å². The molecule has 0 aromatic heterocycles. The van der Waals surface area contributed by atoms with Crippen molar-refractivity contribution in [3.63, 3.8) is 0 Å². The average Bonchev–Trinajstić information content (AvgIpc) is 2.25. The van der Waals surface area contributed by atoms with Crippen molar-refractivity contribution >= 4 is 11.8 Å². The molecule has 94 valence electrons. The molecular formula is C13H26N2S. The van der Waals surface area contributed by atoms with Gasteiger partial charge in [0.25, 0.3) is 0 Å². The lowest BCUT2D eigenvalue weighted by atomic mass is 9.84. The fourth-order valence-electron chi connectivity index (χ4n) is 2.79. The summed E-state index contributed by atoms with van der Waals surface area (Å²) in [6.07, 6.45) is 9.34. The maximum atomic E-state index is 3.72. The Morgan fingerprint density at radius 3 is 2.50 bits per heavy atom. The topological polar surface area (TPSA) is 15.3 Å². The van der Waals surface area contributed by atoms with Crippen LogP contribution < -0.4 is 5.32 Å². The number of likely N-dealkylation sites (tertiary alicyclic amines) is 1. The minimum absolute atomic E-state index is 0.603. The number of nitrogens with one attached hydrogen (secondary N) is 1. The van der Waals surface area contributed by atoms with Crippen LogP contribution in [-0.4, -0.2) is 49.1 Å². The van der Waals surface area contributed by atoms with E-state index in [2.05, 4.69) is 35.3 Å². The third-order valence-corrected chi connectivity index (χ3v) is 5.83. The number of piperidine rings is 1. The van der Waals surface area contributed by atoms with E-state index in [1.54, 1.807) is 0 Å². The predicted molar refractivity (Wildman–Crippen MR) is 73.2 cm³/mol. The van der Waals surface area contributed by atoms with Crippen molar-refractivity contribution in [2.24, 2.45) is 5.92 Å². The van der Waals surface area contributed by atoms with E-state index in [9.17, 15) is 0 Å². The quantitative estimate of drug-likeness (QED) is 0.796. The molecule has 0 unspecified atom stereocenters. The maximum Gasteiger partial charge on any atom is 0.0281 e. The summed E-state index contributed by atoms with van der Waals surface area (Å²) < 4.78 is 0.603. The Morgan fingerprint density at radius 1 is 1.31 bits per heavy atom. The molecule has 0 spiro atoms. The van der Waals surface area contributed by atoms with Gasteiger partial charge >= 0.3 is 0 Å². The Kier molecular flexibility index (Phi) is 4.57. The largest absolute Gasteiger partial charge is 0.315 e. The van der Waals surface area contributed by atoms with Crippen LogP contribution >= 0.6 is 11.8 Å². The molecule has 2 rings (SSSR count). The van der Waals surface area contributed by atoms with Crippen LogP contribution in [0.4, 0.5) is 0 Å². The molecule has 16 heavy (non-hydrogen) atoms. The van der Waals surface area contributed by atoms with Gasteiger partial charge in [0.2, 0.25) is 0 Å². The van der Waals surface area contributed by atoms with Gasteiger partial charge < -0.3 is 10.2 Å². The molecule has 1 saturated heterocycles. The minimum Gasteiger partial charge on any atom is -0.315 e. The molecule has 0 aromatic carbocycles. The first kappa shape index (κ1) is 12.7. The van der Waals surface area contributed by atoms with E-state index in [0.717, 1.165) is 5.92 Å². The second-order valence-corrected chi connectivity index (χ2v) is 6.89. The Morgan fingerprint density at radius 2 is 2.00 bits per heavy atom. The van der Waals surface area contributed by atoms with Gasteiger partial charge in [-0.15, -0.1) is 0 Å². The SMILES string of the molecule is CSC1(CNCC2CCN(C)CC2)CCC1. The summed E-state index contributed by atoms with van der Waals surface area (Å²) in [4.78, 5) is 2.45. The Labute approximate surface area is 105 Å². The summed E-state index contributed by atoms with van der Waals surface area (Å²) in [5.74, 6) is 0.926. The van der Waals surface area contributed by atoms with E-state index in [1.807, 2.05) is 0 Å². The molecule has 1 saturated carbocycles. The predicted octanol–water partition coefficient (Wildman–Crippen LogP) is 2.20. The Balaban J connectivity index is 1.61. The van der Waals surface area contributed by atoms with Crippen LogP contribution in [0.3, 0.4) is 0 Å². The smallest absolute Gasteiger partial charge is 0.0281 e. The lowest BCUT2D eigenvalue weighted by molar-refractivity contribution is 0.212. The lowest BCUT2D eigenvalue weighted by Gasteiger charge is -2.41. The maximum absolute atomic E-state index is 3.72. The van der Waals surface area contributed by atoms with Crippen LogP contribution in [-0.2, 0) is 0 Å². The highest BCUT2D eigenvalue weighted by Crippen LogP contribution is 2.42. The highest BCUT2D eigenvalue weighted by molar-refractivity contribution is 8.00. The monoisotopic (exact) mass is 242 g/mol. The molecule has 0 bridgehead atoms. The zero-order valence-electron chi connectivity index (χ0n) is 10.8. The molecule has 0 atom stereocenters. The van der Waals surface area contributed by atoms with Gasteiger partial charge in [-0.25, -0.2) is 0 Å². The van der Waals surface area contributed by atoms with Gasteiger partial charge in [0.1, 0.15) is 0 Å². The molecule has 1 N–H and O–H groups in total. The molecule has 0 amide bonds. The molecule has 2 aliphatic rings. The Hall–Kier alpha value is 0.270. The van der Waals surface area contributed by atoms with Crippen LogP contribution in [0.15, 0.2) is 0 Å². The van der Waals surface area contributed by atoms with E-state index in [4.69, 9.17) is 0 Å². The third kappa shape index (κ3) is 3.14. The fourth-order valence-corrected chi connectivity index (χ4v) is 3.74. The highest BCUT2D eigenvalue weighted by atomic mass is 32.2. The fraction of sp³-hybridized carbons (Fsp3) is 1.00. The first-order chi connectivity index (χ1) is 7.74. The summed E-state index contributed by atoms with van der Waals surface area (Å²) >= 11 is 2.08. The first-order valence-corrected chi connectivity index (χ1v) is 7.91. The summed E-state index contributed by atoms with van der Waals surface area (Å²) in [7, 11) is 2.24. The molecule has 1 heterocycles. The van der Waals surface area contributed by atoms with Crippen molar-refractivity contribution in [1.29, 1.82) is 0 Å². The van der Waals surface area contributed by atoms with Crippen molar-refractivity contribution in [1.82, 2.24) is 10.2 Å². The van der Waals surface area contributed by atoms with Crippen LogP contribution in [0.5, 0.6) is 0 Å². The third-order valence-electron chi connectivity index (χ3n) is 4.42. The average molecular weight is 242 g/mol. The van der Waals surface area contributed by atoms with Crippen molar-refractivity contribution in [3.05, 3.63) is 0 Å². The van der Waals surface area contributed by atoms with Gasteiger partial charge in [-0.2, -0.15) is 11.8 Å². The van der Waals surface area contributed by atoms with Gasteiger partial charge in [0, 0.05) is 11.3 Å². The number of hydrogen-bond donors (Lipinski definition) is 1. The van der Waals surface area contributed by atoms with Crippen LogP contribution in [0, 0.1) is 5.92 Å². The standard InChI is InChI=1S/C13H26N2S/c1-15-8-4-12(5-9-15)10-14-11-13(16-2)6-3-7-13/h12,14H,3-11H2,1-2H3. The molecule has 3 heteroatoms. The van der Waals surface area contributed by atoms with E-state index in [-0.39, 0.29) is 0 Å². The van der Waals surface area contributed by atoms with Gasteiger partial charge in [0.15, 0.2) is 0 Å². The van der Waals surface area contributed by atoms with Gasteiger partial charge in [-0.3, -0.25) is 0 Å². The van der Waals surface area contributed by atoms with Gasteiger partial charge in [-0.05, 0) is 64.5 Å². The number of rotatable bonds is 5. The normalized spacial score (nSPS) is 26.6. The van der Waals surface area contributed by atoms with E-state index >= 15 is 0 Å². The molecule has 2 fully saturated rings. The summed E-state index contributed by atoms with van der Waals surface area (Å²) in [6.45, 7) is 5.07. The van der Waals surface area contributed by atoms with Crippen LogP contribution in [0.25, 0.3) is 0 Å². The summed E-state index contributed by atoms with van der Waals surface area (Å²) in [5, 5.41) is 3.72. The van der Waals surface area contributed by atoms with Crippen molar-refractivity contribution < 1.29 is 0 Å². The van der Waals surface area contributed by atoms with E-state index in [0.29, 0.717) is 4.75 Å². The minimum atomic E-state index is 0.603. The Bertz CT molecular complexity index is 202. The lowest BCUT2D eigenvalue weighted by Crippen LogP contribution is -2.45.